The van der Waals surface area contributed by atoms with Gasteiger partial charge in [0.05, 0.1) is 19.3 Å². The predicted molar refractivity (Wildman–Crippen MR) is 82.0 cm³/mol. The minimum absolute atomic E-state index is 0.00790. The van der Waals surface area contributed by atoms with Gasteiger partial charge in [0.25, 0.3) is 0 Å². The molecule has 0 aliphatic rings. The van der Waals surface area contributed by atoms with Gasteiger partial charge in [0.1, 0.15) is 5.82 Å². The van der Waals surface area contributed by atoms with E-state index in [-0.39, 0.29) is 12.7 Å². The molecule has 20 heavy (non-hydrogen) atoms. The Morgan fingerprint density at radius 1 is 1.25 bits per heavy atom. The quantitative estimate of drug-likeness (QED) is 0.879. The minimum Gasteiger partial charge on any atom is -0.392 e. The first-order valence-corrected chi connectivity index (χ1v) is 6.93. The number of aliphatic hydroxyl groups excluding tert-OH is 1. The molecule has 0 bridgehead atoms. The van der Waals surface area contributed by atoms with Crippen LogP contribution in [0.4, 0.5) is 5.82 Å². The lowest BCUT2D eigenvalue weighted by Gasteiger charge is -2.21. The highest BCUT2D eigenvalue weighted by molar-refractivity contribution is 5.94. The lowest BCUT2D eigenvalue weighted by Crippen LogP contribution is -2.25. The van der Waals surface area contributed by atoms with Gasteiger partial charge in [-0.2, -0.15) is 0 Å². The lowest BCUT2D eigenvalue weighted by atomic mass is 10.1. The number of hydrogen-bond donors (Lipinski definition) is 1. The monoisotopic (exact) mass is 274 g/mol. The molecule has 1 aromatic carbocycles. The summed E-state index contributed by atoms with van der Waals surface area (Å²) in [5.74, 6) is 0.921. The molecule has 108 valence electrons. The Bertz CT molecular complexity index is 569. The number of anilines is 1. The number of aromatic nitrogens is 1. The van der Waals surface area contributed by atoms with Crippen molar-refractivity contribution in [2.24, 2.45) is 0 Å². The maximum absolute atomic E-state index is 9.39. The number of rotatable bonds is 6. The second kappa shape index (κ2) is 6.68. The Balaban J connectivity index is 2.26. The lowest BCUT2D eigenvalue weighted by molar-refractivity contribution is 0.0845. The molecular weight excluding hydrogens is 252 g/mol. The first-order valence-electron chi connectivity index (χ1n) is 6.93. The van der Waals surface area contributed by atoms with E-state index >= 15 is 0 Å². The largest absolute Gasteiger partial charge is 0.392 e. The zero-order chi connectivity index (χ0) is 14.5. The van der Waals surface area contributed by atoms with Crippen molar-refractivity contribution in [1.29, 1.82) is 0 Å². The normalized spacial score (nSPS) is 11.2. The molecule has 0 spiro atoms. The van der Waals surface area contributed by atoms with Gasteiger partial charge in [-0.3, -0.25) is 0 Å². The second-order valence-electron chi connectivity index (χ2n) is 5.15. The molecule has 1 aromatic heterocycles. The summed E-state index contributed by atoms with van der Waals surface area (Å²) in [4.78, 5) is 6.57. The summed E-state index contributed by atoms with van der Waals surface area (Å²) < 4.78 is 5.58. The highest BCUT2D eigenvalue weighted by atomic mass is 16.5. The summed E-state index contributed by atoms with van der Waals surface area (Å²) in [6.45, 7) is 5.53. The molecule has 0 aliphatic heterocycles. The van der Waals surface area contributed by atoms with Crippen molar-refractivity contribution in [3.8, 4) is 0 Å². The summed E-state index contributed by atoms with van der Waals surface area (Å²) in [6, 6.07) is 8.03. The summed E-state index contributed by atoms with van der Waals surface area (Å²) >= 11 is 0. The summed E-state index contributed by atoms with van der Waals surface area (Å²) in [5.41, 5.74) is 0.858. The fourth-order valence-electron chi connectivity index (χ4n) is 2.20. The molecule has 0 saturated carbocycles. The number of nitrogens with zero attached hydrogens (tertiary/aromatic N) is 2. The Hall–Kier alpha value is -1.65. The van der Waals surface area contributed by atoms with Crippen LogP contribution in [0.25, 0.3) is 10.8 Å². The van der Waals surface area contributed by atoms with Crippen LogP contribution in [-0.2, 0) is 11.3 Å². The molecule has 1 heterocycles. The number of likely N-dealkylation sites (N-methyl/N-ethyl adjacent to an activating group) is 1. The van der Waals surface area contributed by atoms with Crippen molar-refractivity contribution in [3.05, 3.63) is 36.0 Å². The summed E-state index contributed by atoms with van der Waals surface area (Å²) in [5, 5.41) is 11.5. The van der Waals surface area contributed by atoms with Crippen LogP contribution in [0.15, 0.2) is 30.5 Å². The van der Waals surface area contributed by atoms with Crippen LogP contribution in [0.2, 0.25) is 0 Å². The zero-order valence-corrected chi connectivity index (χ0v) is 12.3. The molecular formula is C16H22N2O2. The van der Waals surface area contributed by atoms with E-state index in [1.807, 2.05) is 45.2 Å². The van der Waals surface area contributed by atoms with Crippen LogP contribution in [0.1, 0.15) is 19.4 Å². The van der Waals surface area contributed by atoms with Crippen molar-refractivity contribution in [1.82, 2.24) is 4.98 Å². The standard InChI is InChI=1S/C16H22N2O2/c1-12(2)20-9-8-18(3)16-15-7-5-4-6-14(15)13(11-19)10-17-16/h4-7,10,12,19H,8-9,11H2,1-3H3. The first kappa shape index (κ1) is 14.8. The van der Waals surface area contributed by atoms with Crippen LogP contribution in [0.3, 0.4) is 0 Å². The molecule has 0 fully saturated rings. The third-order valence-corrected chi connectivity index (χ3v) is 3.27. The smallest absolute Gasteiger partial charge is 0.136 e. The van der Waals surface area contributed by atoms with Crippen LogP contribution in [-0.4, -0.2) is 36.4 Å². The summed E-state index contributed by atoms with van der Waals surface area (Å²) in [6.07, 6.45) is 1.99. The Labute approximate surface area is 120 Å². The highest BCUT2D eigenvalue weighted by Crippen LogP contribution is 2.26. The number of hydrogen-bond acceptors (Lipinski definition) is 4. The topological polar surface area (TPSA) is 45.6 Å². The van der Waals surface area contributed by atoms with Gasteiger partial charge in [-0.15, -0.1) is 0 Å². The van der Waals surface area contributed by atoms with E-state index < -0.39 is 0 Å². The Morgan fingerprint density at radius 2 is 1.95 bits per heavy atom. The minimum atomic E-state index is 0.00790. The van der Waals surface area contributed by atoms with Gasteiger partial charge in [-0.25, -0.2) is 4.98 Å². The van der Waals surface area contributed by atoms with Gasteiger partial charge in [0.15, 0.2) is 0 Å². The molecule has 4 heteroatoms. The number of pyridine rings is 1. The SMILES string of the molecule is CC(C)OCCN(C)c1ncc(CO)c2ccccc12. The molecule has 0 atom stereocenters. The van der Waals surface area contributed by atoms with Crippen molar-refractivity contribution in [2.75, 3.05) is 25.1 Å². The number of benzene rings is 1. The number of aliphatic hydroxyl groups is 1. The average Bonchev–Trinajstić information content (AvgIpc) is 2.45. The molecule has 2 rings (SSSR count). The maximum Gasteiger partial charge on any atom is 0.136 e. The molecule has 4 nitrogen and oxygen atoms in total. The fourth-order valence-corrected chi connectivity index (χ4v) is 2.20. The predicted octanol–water partition coefficient (Wildman–Crippen LogP) is 2.59. The van der Waals surface area contributed by atoms with Crippen LogP contribution in [0, 0.1) is 0 Å². The number of fused-ring (bicyclic) bond motifs is 1. The molecule has 0 radical (unpaired) electrons. The van der Waals surface area contributed by atoms with E-state index in [1.54, 1.807) is 6.20 Å². The molecule has 0 amide bonds. The second-order valence-corrected chi connectivity index (χ2v) is 5.15. The number of ether oxygens (including phenoxy) is 1. The van der Waals surface area contributed by atoms with Gasteiger partial charge in [-0.05, 0) is 19.2 Å². The van der Waals surface area contributed by atoms with Crippen LogP contribution >= 0.6 is 0 Å². The fraction of sp³-hybridized carbons (Fsp3) is 0.438. The van der Waals surface area contributed by atoms with Crippen LogP contribution in [0.5, 0.6) is 0 Å². The third kappa shape index (κ3) is 3.26. The van der Waals surface area contributed by atoms with Crippen molar-refractivity contribution in [3.63, 3.8) is 0 Å². The zero-order valence-electron chi connectivity index (χ0n) is 12.3. The van der Waals surface area contributed by atoms with E-state index in [9.17, 15) is 5.11 Å². The highest BCUT2D eigenvalue weighted by Gasteiger charge is 2.10. The average molecular weight is 274 g/mol. The van der Waals surface area contributed by atoms with E-state index in [0.717, 1.165) is 28.7 Å². The van der Waals surface area contributed by atoms with Crippen molar-refractivity contribution >= 4 is 16.6 Å². The Kier molecular flexibility index (Phi) is 4.93. The van der Waals surface area contributed by atoms with E-state index in [4.69, 9.17) is 4.74 Å². The molecule has 1 N–H and O–H groups in total. The molecule has 0 aliphatic carbocycles. The van der Waals surface area contributed by atoms with Gasteiger partial charge in [0, 0.05) is 30.7 Å². The molecule has 0 unspecified atom stereocenters. The van der Waals surface area contributed by atoms with Gasteiger partial charge in [-0.1, -0.05) is 24.3 Å². The van der Waals surface area contributed by atoms with Gasteiger partial charge < -0.3 is 14.7 Å². The van der Waals surface area contributed by atoms with Crippen LogP contribution < -0.4 is 4.90 Å². The molecule has 0 saturated heterocycles. The molecule has 2 aromatic rings. The van der Waals surface area contributed by atoms with E-state index in [0.29, 0.717) is 6.61 Å². The Morgan fingerprint density at radius 3 is 2.60 bits per heavy atom. The summed E-state index contributed by atoms with van der Waals surface area (Å²) in [7, 11) is 2.01. The van der Waals surface area contributed by atoms with Gasteiger partial charge >= 0.3 is 0 Å². The van der Waals surface area contributed by atoms with Gasteiger partial charge in [0.2, 0.25) is 0 Å². The first-order chi connectivity index (χ1) is 9.63. The third-order valence-electron chi connectivity index (χ3n) is 3.27. The van der Waals surface area contributed by atoms with Crippen molar-refractivity contribution in [2.45, 2.75) is 26.6 Å². The van der Waals surface area contributed by atoms with E-state index in [1.165, 1.54) is 0 Å². The van der Waals surface area contributed by atoms with Crippen molar-refractivity contribution < 1.29 is 9.84 Å². The van der Waals surface area contributed by atoms with E-state index in [2.05, 4.69) is 9.88 Å². The maximum atomic E-state index is 9.39.